The van der Waals surface area contributed by atoms with Crippen LogP contribution in [0, 0.1) is 11.8 Å². The molecule has 0 saturated carbocycles. The highest BCUT2D eigenvalue weighted by Gasteiger charge is 2.14. The average molecular weight is 265 g/mol. The number of ether oxygens (including phenoxy) is 1. The second-order valence-electron chi connectivity index (χ2n) is 4.48. The minimum absolute atomic E-state index is 0.212. The number of rotatable bonds is 2. The van der Waals surface area contributed by atoms with E-state index in [9.17, 15) is 9.59 Å². The van der Waals surface area contributed by atoms with E-state index in [-0.39, 0.29) is 6.54 Å². The maximum absolute atomic E-state index is 11.3. The Balaban J connectivity index is 2.38. The summed E-state index contributed by atoms with van der Waals surface area (Å²) in [6.45, 7) is 5.60. The lowest BCUT2D eigenvalue weighted by Gasteiger charge is -2.18. The van der Waals surface area contributed by atoms with Gasteiger partial charge in [-0.2, -0.15) is 0 Å². The number of carbonyl (C=O) groups excluding carboxylic acids is 2. The lowest BCUT2D eigenvalue weighted by molar-refractivity contribution is 0.0535. The summed E-state index contributed by atoms with van der Waals surface area (Å²) in [5.41, 5.74) is -0.510. The molecule has 0 aliphatic rings. The van der Waals surface area contributed by atoms with E-state index in [1.807, 2.05) is 0 Å². The summed E-state index contributed by atoms with van der Waals surface area (Å²) >= 11 is 1.32. The number of hydrogen-bond donors (Lipinski definition) is 1. The minimum atomic E-state index is -0.510. The zero-order valence-corrected chi connectivity index (χ0v) is 11.4. The summed E-state index contributed by atoms with van der Waals surface area (Å²) in [6, 6.07) is 3.48. The number of carbonyl (C=O) groups is 2. The van der Waals surface area contributed by atoms with E-state index in [4.69, 9.17) is 4.74 Å². The molecule has 0 aliphatic heterocycles. The molecule has 1 rings (SSSR count). The molecule has 0 saturated heterocycles. The van der Waals surface area contributed by atoms with E-state index in [0.717, 1.165) is 11.2 Å². The van der Waals surface area contributed by atoms with Crippen LogP contribution in [0.25, 0.3) is 0 Å². The van der Waals surface area contributed by atoms with Gasteiger partial charge in [-0.05, 0) is 32.9 Å². The zero-order valence-electron chi connectivity index (χ0n) is 10.6. The van der Waals surface area contributed by atoms with Crippen molar-refractivity contribution in [2.45, 2.75) is 26.4 Å². The second-order valence-corrected chi connectivity index (χ2v) is 5.59. The van der Waals surface area contributed by atoms with E-state index in [1.54, 1.807) is 32.9 Å². The number of amides is 1. The van der Waals surface area contributed by atoms with Gasteiger partial charge in [-0.1, -0.05) is 11.8 Å². The Labute approximate surface area is 110 Å². The van der Waals surface area contributed by atoms with E-state index < -0.39 is 11.7 Å². The molecule has 96 valence electrons. The molecule has 0 unspecified atom stereocenters. The highest BCUT2D eigenvalue weighted by atomic mass is 32.1. The molecule has 0 bridgehead atoms. The van der Waals surface area contributed by atoms with Crippen LogP contribution in [-0.2, 0) is 4.74 Å². The Morgan fingerprint density at radius 3 is 2.78 bits per heavy atom. The normalized spacial score (nSPS) is 10.2. The van der Waals surface area contributed by atoms with Crippen LogP contribution >= 0.6 is 11.3 Å². The number of alkyl carbamates (subject to hydrolysis) is 1. The molecule has 18 heavy (non-hydrogen) atoms. The predicted molar refractivity (Wildman–Crippen MR) is 70.8 cm³/mol. The molecule has 1 aromatic heterocycles. The highest BCUT2D eigenvalue weighted by Crippen LogP contribution is 2.12. The van der Waals surface area contributed by atoms with Crippen molar-refractivity contribution in [2.24, 2.45) is 0 Å². The van der Waals surface area contributed by atoms with Crippen LogP contribution in [0.3, 0.4) is 0 Å². The summed E-state index contributed by atoms with van der Waals surface area (Å²) in [7, 11) is 0. The Morgan fingerprint density at radius 1 is 1.50 bits per heavy atom. The first-order chi connectivity index (χ1) is 8.40. The Morgan fingerprint density at radius 2 is 2.22 bits per heavy atom. The van der Waals surface area contributed by atoms with Crippen LogP contribution in [0.2, 0.25) is 0 Å². The maximum Gasteiger partial charge on any atom is 0.408 e. The van der Waals surface area contributed by atoms with Crippen LogP contribution < -0.4 is 5.32 Å². The van der Waals surface area contributed by atoms with Gasteiger partial charge in [0.1, 0.15) is 5.60 Å². The monoisotopic (exact) mass is 265 g/mol. The molecule has 0 radical (unpaired) electrons. The number of hydrogen-bond acceptors (Lipinski definition) is 4. The number of aldehydes is 1. The summed E-state index contributed by atoms with van der Waals surface area (Å²) < 4.78 is 5.05. The van der Waals surface area contributed by atoms with Crippen LogP contribution in [-0.4, -0.2) is 24.5 Å². The molecule has 0 fully saturated rings. The van der Waals surface area contributed by atoms with Gasteiger partial charge in [0.25, 0.3) is 0 Å². The fraction of sp³-hybridized carbons (Fsp3) is 0.385. The zero-order chi connectivity index (χ0) is 13.6. The molecule has 1 aromatic rings. The van der Waals surface area contributed by atoms with Gasteiger partial charge in [-0.3, -0.25) is 4.79 Å². The molecule has 0 spiro atoms. The van der Waals surface area contributed by atoms with Gasteiger partial charge in [0, 0.05) is 0 Å². The minimum Gasteiger partial charge on any atom is -0.444 e. The van der Waals surface area contributed by atoms with Crippen LogP contribution in [0.5, 0.6) is 0 Å². The molecule has 0 aromatic carbocycles. The average Bonchev–Trinajstić information content (AvgIpc) is 2.70. The highest BCUT2D eigenvalue weighted by molar-refractivity contribution is 7.14. The van der Waals surface area contributed by atoms with E-state index >= 15 is 0 Å². The van der Waals surface area contributed by atoms with Gasteiger partial charge >= 0.3 is 6.09 Å². The van der Waals surface area contributed by atoms with Crippen LogP contribution in [0.4, 0.5) is 4.79 Å². The Kier molecular flexibility index (Phi) is 4.93. The predicted octanol–water partition coefficient (Wildman–Crippen LogP) is 2.44. The van der Waals surface area contributed by atoms with Crippen LogP contribution in [0.1, 0.15) is 35.3 Å². The Bertz CT molecular complexity index is 488. The first kappa shape index (κ1) is 14.3. The third kappa shape index (κ3) is 5.51. The first-order valence-electron chi connectivity index (χ1n) is 5.41. The van der Waals surface area contributed by atoms with E-state index in [2.05, 4.69) is 17.2 Å². The van der Waals surface area contributed by atoms with Gasteiger partial charge in [0.2, 0.25) is 0 Å². The summed E-state index contributed by atoms with van der Waals surface area (Å²) in [6.07, 6.45) is 0.297. The molecule has 5 heteroatoms. The van der Waals surface area contributed by atoms with Crippen molar-refractivity contribution in [3.8, 4) is 11.8 Å². The lowest BCUT2D eigenvalue weighted by atomic mass is 10.2. The van der Waals surface area contributed by atoms with Gasteiger partial charge in [0.15, 0.2) is 6.29 Å². The van der Waals surface area contributed by atoms with E-state index in [1.165, 1.54) is 11.3 Å². The molecular formula is C13H15NO3S. The van der Waals surface area contributed by atoms with Crippen LogP contribution in [0.15, 0.2) is 12.1 Å². The standard InChI is InChI=1S/C13H15NO3S/c1-13(2,3)17-12(16)14-8-4-5-10-6-7-11(9-15)18-10/h6-7,9H,8H2,1-3H3,(H,14,16). The largest absolute Gasteiger partial charge is 0.444 e. The second kappa shape index (κ2) is 6.22. The third-order valence-corrected chi connectivity index (χ3v) is 2.60. The fourth-order valence-electron chi connectivity index (χ4n) is 1.05. The van der Waals surface area contributed by atoms with Gasteiger partial charge in [-0.15, -0.1) is 11.3 Å². The maximum atomic E-state index is 11.3. The third-order valence-electron chi connectivity index (χ3n) is 1.67. The van der Waals surface area contributed by atoms with Crippen molar-refractivity contribution in [1.29, 1.82) is 0 Å². The van der Waals surface area contributed by atoms with Crippen molar-refractivity contribution in [1.82, 2.24) is 5.32 Å². The van der Waals surface area contributed by atoms with Crippen molar-refractivity contribution in [3.05, 3.63) is 21.9 Å². The number of nitrogens with one attached hydrogen (secondary N) is 1. The van der Waals surface area contributed by atoms with Crippen molar-refractivity contribution >= 4 is 23.7 Å². The van der Waals surface area contributed by atoms with E-state index in [0.29, 0.717) is 4.88 Å². The molecule has 1 heterocycles. The molecule has 0 atom stereocenters. The first-order valence-corrected chi connectivity index (χ1v) is 6.23. The molecular weight excluding hydrogens is 250 g/mol. The van der Waals surface area contributed by atoms with Crippen molar-refractivity contribution in [3.63, 3.8) is 0 Å². The smallest absolute Gasteiger partial charge is 0.408 e. The molecule has 1 amide bonds. The molecule has 1 N–H and O–H groups in total. The topological polar surface area (TPSA) is 55.4 Å². The fourth-order valence-corrected chi connectivity index (χ4v) is 1.74. The summed E-state index contributed by atoms with van der Waals surface area (Å²) in [5.74, 6) is 5.65. The quantitative estimate of drug-likeness (QED) is 0.660. The van der Waals surface area contributed by atoms with Gasteiger partial charge in [-0.25, -0.2) is 4.79 Å². The molecule has 4 nitrogen and oxygen atoms in total. The number of thiophene rings is 1. The van der Waals surface area contributed by atoms with Gasteiger partial charge in [0.05, 0.1) is 16.3 Å². The van der Waals surface area contributed by atoms with Crippen molar-refractivity contribution in [2.75, 3.05) is 6.54 Å². The summed E-state index contributed by atoms with van der Waals surface area (Å²) in [5, 5.41) is 2.53. The SMILES string of the molecule is CC(C)(C)OC(=O)NCC#Cc1ccc(C=O)s1. The Hall–Kier alpha value is -1.80. The summed E-state index contributed by atoms with van der Waals surface area (Å²) in [4.78, 5) is 23.2. The van der Waals surface area contributed by atoms with Gasteiger partial charge < -0.3 is 10.1 Å². The van der Waals surface area contributed by atoms with Crippen molar-refractivity contribution < 1.29 is 14.3 Å². The lowest BCUT2D eigenvalue weighted by Crippen LogP contribution is -2.32. The molecule has 0 aliphatic carbocycles.